The molecule has 3 nitrogen and oxygen atoms in total. The second kappa shape index (κ2) is 11.0. The molecule has 0 aliphatic rings. The Morgan fingerprint density at radius 1 is 1.27 bits per heavy atom. The number of Topliss-reactive ketones (excluding diaryl/α,β-unsaturated/α-hetero) is 1. The number of allylic oxidation sites excluding steroid dienone is 4. The van der Waals surface area contributed by atoms with Crippen LogP contribution in [0.3, 0.4) is 0 Å². The number of carbonyl (C=O) groups is 1. The van der Waals surface area contributed by atoms with Crippen molar-refractivity contribution in [3.8, 4) is 0 Å². The standard InChI is InChI=1S/C15H13Cl2NO2S.C5H8/c1-3-9(2)13(19)11-6-4-10(5-7-11)8-18-15(20)12(16)14(17)21-18;1-3-5-4-2/h4-7H,2-3,8H2,1H3;3-5H,1H2,2H3/b;5-4-. The van der Waals surface area contributed by atoms with E-state index in [1.54, 1.807) is 18.2 Å². The van der Waals surface area contributed by atoms with Crippen molar-refractivity contribution >= 4 is 40.5 Å². The van der Waals surface area contributed by atoms with E-state index in [4.69, 9.17) is 23.2 Å². The molecule has 138 valence electrons. The van der Waals surface area contributed by atoms with Gasteiger partial charge in [-0.1, -0.05) is 85.8 Å². The molecule has 0 N–H and O–H groups in total. The lowest BCUT2D eigenvalue weighted by Gasteiger charge is -2.05. The van der Waals surface area contributed by atoms with Gasteiger partial charge in [0.2, 0.25) is 0 Å². The van der Waals surface area contributed by atoms with Gasteiger partial charge in [-0.05, 0) is 36.0 Å². The summed E-state index contributed by atoms with van der Waals surface area (Å²) in [6.45, 7) is 11.4. The van der Waals surface area contributed by atoms with Crippen molar-refractivity contribution in [2.75, 3.05) is 0 Å². The maximum atomic E-state index is 12.0. The summed E-state index contributed by atoms with van der Waals surface area (Å²) < 4.78 is 1.76. The fourth-order valence-electron chi connectivity index (χ4n) is 1.90. The number of ketones is 1. The first kappa shape index (κ1) is 22.2. The summed E-state index contributed by atoms with van der Waals surface area (Å²) in [7, 11) is 0. The minimum Gasteiger partial charge on any atom is -0.289 e. The largest absolute Gasteiger partial charge is 0.289 e. The Bertz CT molecular complexity index is 861. The molecule has 0 amide bonds. The van der Waals surface area contributed by atoms with Crippen LogP contribution in [0.5, 0.6) is 0 Å². The molecule has 2 aromatic rings. The van der Waals surface area contributed by atoms with Crippen molar-refractivity contribution in [1.82, 2.24) is 3.96 Å². The Hall–Kier alpha value is -1.88. The lowest BCUT2D eigenvalue weighted by molar-refractivity contribution is 0.103. The van der Waals surface area contributed by atoms with E-state index >= 15 is 0 Å². The zero-order valence-corrected chi connectivity index (χ0v) is 17.1. The first-order valence-corrected chi connectivity index (χ1v) is 9.48. The van der Waals surface area contributed by atoms with E-state index in [-0.39, 0.29) is 20.7 Å². The fourth-order valence-corrected chi connectivity index (χ4v) is 3.24. The Balaban J connectivity index is 0.000000597. The molecule has 0 aliphatic carbocycles. The normalized spacial score (nSPS) is 10.3. The topological polar surface area (TPSA) is 39.1 Å². The average Bonchev–Trinajstić information content (AvgIpc) is 2.89. The molecule has 0 unspecified atom stereocenters. The second-order valence-electron chi connectivity index (χ2n) is 5.27. The monoisotopic (exact) mass is 409 g/mol. The molecule has 0 atom stereocenters. The third kappa shape index (κ3) is 6.13. The molecule has 1 aromatic carbocycles. The minimum absolute atomic E-state index is 0.0488. The number of carbonyl (C=O) groups excluding carboxylic acids is 1. The van der Waals surface area contributed by atoms with Gasteiger partial charge >= 0.3 is 0 Å². The van der Waals surface area contributed by atoms with Crippen LogP contribution in [0.25, 0.3) is 0 Å². The van der Waals surface area contributed by atoms with Crippen molar-refractivity contribution in [1.29, 1.82) is 0 Å². The highest BCUT2D eigenvalue weighted by Gasteiger charge is 2.12. The predicted molar refractivity (Wildman–Crippen MR) is 113 cm³/mol. The minimum atomic E-state index is -0.300. The van der Waals surface area contributed by atoms with Crippen LogP contribution < -0.4 is 5.56 Å². The summed E-state index contributed by atoms with van der Waals surface area (Å²) >= 11 is 12.7. The fraction of sp³-hybridized carbons (Fsp3) is 0.200. The summed E-state index contributed by atoms with van der Waals surface area (Å²) in [5.74, 6) is -0.0524. The quantitative estimate of drug-likeness (QED) is 0.325. The van der Waals surface area contributed by atoms with E-state index in [0.717, 1.165) is 17.1 Å². The van der Waals surface area contributed by atoms with Gasteiger partial charge in [-0.3, -0.25) is 13.5 Å². The van der Waals surface area contributed by atoms with Crippen molar-refractivity contribution in [3.05, 3.63) is 92.1 Å². The Morgan fingerprint density at radius 2 is 1.88 bits per heavy atom. The SMILES string of the molecule is C=C(CC)C(=O)c1ccc(Cn2sc(Cl)c(Cl)c2=O)cc1.C=C/C=C\C. The Kier molecular flexibility index (Phi) is 9.35. The molecule has 0 fully saturated rings. The first-order chi connectivity index (χ1) is 12.3. The third-order valence-corrected chi connectivity index (χ3v) is 5.23. The number of hydrogen-bond donors (Lipinski definition) is 0. The zero-order valence-electron chi connectivity index (χ0n) is 14.8. The van der Waals surface area contributed by atoms with Gasteiger partial charge in [0.15, 0.2) is 5.78 Å². The maximum Gasteiger partial charge on any atom is 0.281 e. The van der Waals surface area contributed by atoms with Crippen LogP contribution in [0, 0.1) is 0 Å². The van der Waals surface area contributed by atoms with Gasteiger partial charge in [0.05, 0.1) is 6.54 Å². The molecule has 1 aromatic heterocycles. The van der Waals surface area contributed by atoms with E-state index < -0.39 is 0 Å². The summed E-state index contributed by atoms with van der Waals surface area (Å²) in [6.07, 6.45) is 6.20. The van der Waals surface area contributed by atoms with Crippen LogP contribution in [0.1, 0.15) is 36.2 Å². The van der Waals surface area contributed by atoms with Crippen molar-refractivity contribution < 1.29 is 4.79 Å². The van der Waals surface area contributed by atoms with Gasteiger partial charge < -0.3 is 0 Å². The Morgan fingerprint density at radius 3 is 2.27 bits per heavy atom. The molecule has 0 radical (unpaired) electrons. The summed E-state index contributed by atoms with van der Waals surface area (Å²) in [6, 6.07) is 7.09. The average molecular weight is 410 g/mol. The molecule has 0 saturated heterocycles. The summed E-state index contributed by atoms with van der Waals surface area (Å²) in [4.78, 5) is 23.7. The van der Waals surface area contributed by atoms with Crippen LogP contribution >= 0.6 is 34.7 Å². The zero-order chi connectivity index (χ0) is 19.7. The van der Waals surface area contributed by atoms with E-state index in [2.05, 4.69) is 13.2 Å². The van der Waals surface area contributed by atoms with Crippen LogP contribution in [0.15, 0.2) is 66.0 Å². The van der Waals surface area contributed by atoms with Crippen LogP contribution in [0.2, 0.25) is 9.36 Å². The predicted octanol–water partition coefficient (Wildman–Crippen LogP) is 6.16. The van der Waals surface area contributed by atoms with Crippen molar-refractivity contribution in [2.24, 2.45) is 0 Å². The first-order valence-electron chi connectivity index (χ1n) is 7.95. The molecule has 6 heteroatoms. The van der Waals surface area contributed by atoms with Crippen LogP contribution in [0.4, 0.5) is 0 Å². The van der Waals surface area contributed by atoms with E-state index in [0.29, 0.717) is 24.1 Å². The molecular weight excluding hydrogens is 389 g/mol. The van der Waals surface area contributed by atoms with Crippen molar-refractivity contribution in [2.45, 2.75) is 26.8 Å². The molecule has 0 aliphatic heterocycles. The molecule has 1 heterocycles. The van der Waals surface area contributed by atoms with Gasteiger partial charge in [-0.25, -0.2) is 0 Å². The number of hydrogen-bond acceptors (Lipinski definition) is 3. The highest BCUT2D eigenvalue weighted by atomic mass is 35.5. The van der Waals surface area contributed by atoms with E-state index in [9.17, 15) is 9.59 Å². The third-order valence-electron chi connectivity index (χ3n) is 3.40. The van der Waals surface area contributed by atoms with Crippen molar-refractivity contribution in [3.63, 3.8) is 0 Å². The second-order valence-corrected chi connectivity index (χ2v) is 7.28. The van der Waals surface area contributed by atoms with Gasteiger partial charge in [-0.2, -0.15) is 0 Å². The smallest absolute Gasteiger partial charge is 0.281 e. The summed E-state index contributed by atoms with van der Waals surface area (Å²) in [5, 5.41) is 0.0488. The maximum absolute atomic E-state index is 12.0. The van der Waals surface area contributed by atoms with Crippen LogP contribution in [-0.2, 0) is 6.54 Å². The number of rotatable bonds is 6. The van der Waals surface area contributed by atoms with E-state index in [1.807, 2.05) is 38.1 Å². The van der Waals surface area contributed by atoms with Gasteiger partial charge in [0.1, 0.15) is 9.36 Å². The van der Waals surface area contributed by atoms with Crippen LogP contribution in [-0.4, -0.2) is 9.74 Å². The van der Waals surface area contributed by atoms with Gasteiger partial charge in [0.25, 0.3) is 5.56 Å². The lowest BCUT2D eigenvalue weighted by Crippen LogP contribution is -2.14. The highest BCUT2D eigenvalue weighted by Crippen LogP contribution is 2.24. The highest BCUT2D eigenvalue weighted by molar-refractivity contribution is 7.11. The molecule has 2 rings (SSSR count). The summed E-state index contributed by atoms with van der Waals surface area (Å²) in [5.41, 5.74) is 1.77. The Labute approximate surface area is 168 Å². The number of benzene rings is 1. The van der Waals surface area contributed by atoms with E-state index in [1.165, 1.54) is 3.96 Å². The van der Waals surface area contributed by atoms with Gasteiger partial charge in [0, 0.05) is 5.56 Å². The molecule has 0 spiro atoms. The molecule has 0 bridgehead atoms. The number of halogens is 2. The molecule has 0 saturated carbocycles. The molecule has 26 heavy (non-hydrogen) atoms. The number of nitrogens with zero attached hydrogens (tertiary/aromatic N) is 1. The molecular formula is C20H21Cl2NO2S. The van der Waals surface area contributed by atoms with Gasteiger partial charge in [-0.15, -0.1) is 0 Å². The number of aromatic nitrogens is 1. The lowest BCUT2D eigenvalue weighted by atomic mass is 10.0.